The number of H-pyrrole nitrogens is 1. The summed E-state index contributed by atoms with van der Waals surface area (Å²) >= 11 is 6.26. The summed E-state index contributed by atoms with van der Waals surface area (Å²) in [4.78, 5) is 14.7. The predicted octanol–water partition coefficient (Wildman–Crippen LogP) is -1.14. The van der Waals surface area contributed by atoms with Crippen molar-refractivity contribution < 1.29 is 20.1 Å². The van der Waals surface area contributed by atoms with Gasteiger partial charge < -0.3 is 25.0 Å². The molecule has 1 aliphatic rings. The maximum Gasteiger partial charge on any atom is 0.215 e. The first-order valence-electron chi connectivity index (χ1n) is 5.56. The van der Waals surface area contributed by atoms with Crippen LogP contribution in [0.15, 0.2) is 12.7 Å². The van der Waals surface area contributed by atoms with E-state index in [0.717, 1.165) is 0 Å². The van der Waals surface area contributed by atoms with Crippen LogP contribution in [0.4, 0.5) is 0 Å². The molecular formula is C10H11ClN4O4. The van der Waals surface area contributed by atoms with Crippen LogP contribution in [0.1, 0.15) is 5.69 Å². The molecule has 0 aromatic carbocycles. The van der Waals surface area contributed by atoms with Crippen molar-refractivity contribution in [2.24, 2.45) is 0 Å². The van der Waals surface area contributed by atoms with E-state index in [1.807, 2.05) is 0 Å². The summed E-state index contributed by atoms with van der Waals surface area (Å²) in [5, 5.41) is 27.2. The van der Waals surface area contributed by atoms with Crippen LogP contribution in [-0.2, 0) is 9.80 Å². The Morgan fingerprint density at radius 3 is 2.84 bits per heavy atom. The maximum atomic E-state index is 10.1. The van der Waals surface area contributed by atoms with Crippen LogP contribution in [0, 0.1) is 0 Å². The molecule has 19 heavy (non-hydrogen) atoms. The Balaban J connectivity index is 2.12. The van der Waals surface area contributed by atoms with Crippen LogP contribution in [0.3, 0.4) is 0 Å². The Morgan fingerprint density at radius 1 is 1.37 bits per heavy atom. The lowest BCUT2D eigenvalue weighted by molar-refractivity contribution is -0.0458. The molecule has 0 bridgehead atoms. The third-order valence-electron chi connectivity index (χ3n) is 3.13. The lowest BCUT2D eigenvalue weighted by Gasteiger charge is -2.24. The number of rotatable bonds is 2. The largest absolute Gasteiger partial charge is 0.394 e. The topological polar surface area (TPSA) is 124 Å². The highest BCUT2D eigenvalue weighted by atomic mass is 35.5. The number of aliphatic hydroxyl groups excluding tert-OH is 3. The van der Waals surface area contributed by atoms with E-state index in [0.29, 0.717) is 11.2 Å². The first-order chi connectivity index (χ1) is 9.08. The van der Waals surface area contributed by atoms with Gasteiger partial charge >= 0.3 is 0 Å². The lowest BCUT2D eigenvalue weighted by Crippen LogP contribution is -2.37. The van der Waals surface area contributed by atoms with Gasteiger partial charge in [-0.1, -0.05) is 11.6 Å². The second-order valence-electron chi connectivity index (χ2n) is 4.24. The van der Waals surface area contributed by atoms with E-state index in [1.54, 1.807) is 0 Å². The molecular weight excluding hydrogens is 276 g/mol. The molecule has 2 aromatic heterocycles. The van der Waals surface area contributed by atoms with Crippen LogP contribution in [0.25, 0.3) is 11.2 Å². The minimum absolute atomic E-state index is 0.142. The monoisotopic (exact) mass is 286 g/mol. The van der Waals surface area contributed by atoms with Gasteiger partial charge in [0.1, 0.15) is 35.8 Å². The fourth-order valence-corrected chi connectivity index (χ4v) is 2.52. The Morgan fingerprint density at radius 2 is 2.16 bits per heavy atom. The van der Waals surface area contributed by atoms with Crippen LogP contribution in [-0.4, -0.2) is 60.2 Å². The van der Waals surface area contributed by atoms with Crippen molar-refractivity contribution in [1.29, 1.82) is 0 Å². The van der Waals surface area contributed by atoms with Gasteiger partial charge in [0.2, 0.25) is 5.06 Å². The third-order valence-corrected chi connectivity index (χ3v) is 3.62. The normalized spacial score (nSPS) is 35.1. The lowest BCUT2D eigenvalue weighted by atomic mass is 10.0. The highest BCUT2D eigenvalue weighted by molar-refractivity contribution is 6.24. The molecule has 9 heteroatoms. The first kappa shape index (κ1) is 12.7. The van der Waals surface area contributed by atoms with Gasteiger partial charge in [-0.25, -0.2) is 15.0 Å². The highest BCUT2D eigenvalue weighted by Gasteiger charge is 2.56. The zero-order valence-corrected chi connectivity index (χ0v) is 10.3. The molecule has 3 rings (SSSR count). The van der Waals surface area contributed by atoms with E-state index in [9.17, 15) is 10.2 Å². The fourth-order valence-electron chi connectivity index (χ4n) is 2.14. The second-order valence-corrected chi connectivity index (χ2v) is 4.80. The summed E-state index contributed by atoms with van der Waals surface area (Å²) in [6.07, 6.45) is -1.09. The van der Waals surface area contributed by atoms with Gasteiger partial charge in [0.15, 0.2) is 5.65 Å². The number of imidazole rings is 1. The highest BCUT2D eigenvalue weighted by Crippen LogP contribution is 2.43. The van der Waals surface area contributed by atoms with Gasteiger partial charge in [-0.15, -0.1) is 0 Å². The summed E-state index contributed by atoms with van der Waals surface area (Å²) in [5.74, 6) is 0. The number of hydrogen-bond donors (Lipinski definition) is 4. The van der Waals surface area contributed by atoms with Crippen molar-refractivity contribution in [2.75, 3.05) is 6.61 Å². The maximum absolute atomic E-state index is 10.1. The van der Waals surface area contributed by atoms with Gasteiger partial charge in [-0.3, -0.25) is 0 Å². The molecule has 0 saturated carbocycles. The molecule has 3 heterocycles. The van der Waals surface area contributed by atoms with Crippen molar-refractivity contribution in [3.8, 4) is 0 Å². The minimum Gasteiger partial charge on any atom is -0.394 e. The smallest absolute Gasteiger partial charge is 0.215 e. The van der Waals surface area contributed by atoms with Gasteiger partial charge in [-0.05, 0) is 0 Å². The van der Waals surface area contributed by atoms with E-state index in [4.69, 9.17) is 21.4 Å². The number of fused-ring (bicyclic) bond motifs is 1. The SMILES string of the molecule is OC[C@H]1O[C@@](Cl)(c2ncnc3[nH]cnc23)[C@H](O)[C@@H]1O. The van der Waals surface area contributed by atoms with Crippen LogP contribution >= 0.6 is 11.6 Å². The fraction of sp³-hybridized carbons (Fsp3) is 0.500. The molecule has 0 radical (unpaired) electrons. The molecule has 8 nitrogen and oxygen atoms in total. The molecule has 0 amide bonds. The summed E-state index contributed by atoms with van der Waals surface area (Å²) in [6.45, 7) is -0.471. The number of ether oxygens (including phenoxy) is 1. The summed E-state index contributed by atoms with van der Waals surface area (Å²) in [5.41, 5.74) is 0.910. The molecule has 0 aliphatic carbocycles. The molecule has 4 atom stereocenters. The second kappa shape index (κ2) is 4.36. The molecule has 0 unspecified atom stereocenters. The Kier molecular flexibility index (Phi) is 2.91. The Labute approximate surface area is 112 Å². The number of aliphatic hydroxyl groups is 3. The molecule has 2 aromatic rings. The van der Waals surface area contributed by atoms with Crippen molar-refractivity contribution in [3.63, 3.8) is 0 Å². The van der Waals surface area contributed by atoms with Gasteiger partial charge in [-0.2, -0.15) is 0 Å². The van der Waals surface area contributed by atoms with Crippen molar-refractivity contribution in [2.45, 2.75) is 23.4 Å². The van der Waals surface area contributed by atoms with E-state index >= 15 is 0 Å². The Bertz CT molecular complexity index is 608. The summed E-state index contributed by atoms with van der Waals surface area (Å²) < 4.78 is 5.36. The average molecular weight is 287 g/mol. The number of alkyl halides is 1. The zero-order chi connectivity index (χ0) is 13.6. The number of aromatic nitrogens is 4. The third kappa shape index (κ3) is 1.72. The van der Waals surface area contributed by atoms with Crippen molar-refractivity contribution in [1.82, 2.24) is 19.9 Å². The number of nitrogens with one attached hydrogen (secondary N) is 1. The number of hydrogen-bond acceptors (Lipinski definition) is 7. The minimum atomic E-state index is -1.77. The van der Waals surface area contributed by atoms with E-state index in [2.05, 4.69) is 19.9 Å². The molecule has 102 valence electrons. The van der Waals surface area contributed by atoms with Crippen molar-refractivity contribution in [3.05, 3.63) is 18.3 Å². The zero-order valence-electron chi connectivity index (χ0n) is 9.56. The molecule has 1 aliphatic heterocycles. The average Bonchev–Trinajstić information content (AvgIpc) is 2.98. The van der Waals surface area contributed by atoms with Crippen LogP contribution in [0.2, 0.25) is 0 Å². The molecule has 4 N–H and O–H groups in total. The summed E-state index contributed by atoms with van der Waals surface area (Å²) in [7, 11) is 0. The molecule has 1 saturated heterocycles. The van der Waals surface area contributed by atoms with Gasteiger partial charge in [0.05, 0.1) is 12.9 Å². The van der Waals surface area contributed by atoms with E-state index in [1.165, 1.54) is 12.7 Å². The Hall–Kier alpha value is -1.32. The number of nitrogens with zero attached hydrogens (tertiary/aromatic N) is 3. The van der Waals surface area contributed by atoms with E-state index in [-0.39, 0.29) is 5.69 Å². The van der Waals surface area contributed by atoms with E-state index < -0.39 is 30.0 Å². The standard InChI is InChI=1S/C10H11ClN4O4/c11-10(8(18)6(17)4(1-16)19-10)7-5-9(14-2-12-5)15-3-13-7/h2-4,6,8,16-18H,1H2,(H,12,13,14,15)/t4-,6-,8-,10+/m1/s1. The van der Waals surface area contributed by atoms with Gasteiger partial charge in [0, 0.05) is 0 Å². The van der Waals surface area contributed by atoms with Crippen LogP contribution < -0.4 is 0 Å². The molecule has 0 spiro atoms. The van der Waals surface area contributed by atoms with Crippen LogP contribution in [0.5, 0.6) is 0 Å². The summed E-state index contributed by atoms with van der Waals surface area (Å²) in [6, 6.07) is 0. The quantitative estimate of drug-likeness (QED) is 0.514. The predicted molar refractivity (Wildman–Crippen MR) is 63.2 cm³/mol. The number of aromatic amines is 1. The van der Waals surface area contributed by atoms with Gasteiger partial charge in [0.25, 0.3) is 0 Å². The number of halogens is 1. The molecule has 1 fully saturated rings. The first-order valence-corrected chi connectivity index (χ1v) is 5.94. The van der Waals surface area contributed by atoms with Crippen molar-refractivity contribution >= 4 is 22.8 Å².